The highest BCUT2D eigenvalue weighted by Gasteiger charge is 2.36. The lowest BCUT2D eigenvalue weighted by atomic mass is 9.84. The Morgan fingerprint density at radius 2 is 2.08 bits per heavy atom. The molecule has 7 unspecified atom stereocenters. The standard InChI is InChI=1S/C26H48N6O4/c1-17-23(36-16-29-17)15-35-25-6-5-19-13-32(10-8-22(19)31-25)14-21(33)12-28-26(34)18-7-9-27-24(11-18)30-20-3-2-4-20/h17-25,27,29-31,33H,2-16H2,1H3,(H,28,34)/t17?,18?,19?,21-,22?,23?,24?,25?/m0/s1. The molecule has 0 aromatic carbocycles. The van der Waals surface area contributed by atoms with E-state index in [1.165, 1.54) is 19.3 Å². The number of nitrogens with one attached hydrogen (secondary N) is 5. The minimum Gasteiger partial charge on any atom is -0.390 e. The molecule has 0 spiro atoms. The second-order valence-electron chi connectivity index (χ2n) is 11.7. The Morgan fingerprint density at radius 1 is 1.19 bits per heavy atom. The highest BCUT2D eigenvalue weighted by atomic mass is 16.6. The third kappa shape index (κ3) is 7.17. The monoisotopic (exact) mass is 508 g/mol. The zero-order valence-corrected chi connectivity index (χ0v) is 21.9. The van der Waals surface area contributed by atoms with Crippen LogP contribution in [0.2, 0.25) is 0 Å². The quantitative estimate of drug-likeness (QED) is 0.236. The average molecular weight is 509 g/mol. The molecule has 0 bridgehead atoms. The van der Waals surface area contributed by atoms with Crippen molar-refractivity contribution in [2.75, 3.05) is 46.1 Å². The van der Waals surface area contributed by atoms with Gasteiger partial charge in [0, 0.05) is 43.7 Å². The fourth-order valence-corrected chi connectivity index (χ4v) is 6.44. The van der Waals surface area contributed by atoms with Crippen LogP contribution in [0.15, 0.2) is 0 Å². The van der Waals surface area contributed by atoms with Gasteiger partial charge < -0.3 is 30.1 Å². The van der Waals surface area contributed by atoms with Gasteiger partial charge in [-0.15, -0.1) is 0 Å². The normalized spacial score (nSPS) is 38.8. The van der Waals surface area contributed by atoms with Crippen LogP contribution in [0.5, 0.6) is 0 Å². The Kier molecular flexibility index (Phi) is 9.51. The minimum absolute atomic E-state index is 0.0231. The number of likely N-dealkylation sites (tertiary alicyclic amines) is 1. The maximum Gasteiger partial charge on any atom is 0.223 e. The molecule has 5 aliphatic rings. The fourth-order valence-electron chi connectivity index (χ4n) is 6.44. The Hall–Kier alpha value is -0.850. The fraction of sp³-hybridized carbons (Fsp3) is 0.962. The third-order valence-electron chi connectivity index (χ3n) is 9.04. The number of nitrogens with zero attached hydrogens (tertiary/aromatic N) is 1. The number of piperidine rings is 3. The van der Waals surface area contributed by atoms with Crippen molar-refractivity contribution < 1.29 is 19.4 Å². The number of carbonyl (C=O) groups is 1. The van der Waals surface area contributed by atoms with Gasteiger partial charge in [-0.2, -0.15) is 0 Å². The second kappa shape index (κ2) is 12.8. The van der Waals surface area contributed by atoms with E-state index in [9.17, 15) is 9.90 Å². The molecular formula is C26H48N6O4. The molecular weight excluding hydrogens is 460 g/mol. The van der Waals surface area contributed by atoms with Crippen LogP contribution in [-0.4, -0.2) is 105 Å². The van der Waals surface area contributed by atoms with E-state index in [4.69, 9.17) is 9.47 Å². The number of β-amino-alcohol motifs (C(OH)–C–C–N with tert-alkyl or cyclic N) is 1. The lowest BCUT2D eigenvalue weighted by Crippen LogP contribution is -2.57. The van der Waals surface area contributed by atoms with Crippen LogP contribution in [0.4, 0.5) is 0 Å². The van der Waals surface area contributed by atoms with Gasteiger partial charge in [0.2, 0.25) is 5.91 Å². The van der Waals surface area contributed by atoms with Crippen LogP contribution in [-0.2, 0) is 14.3 Å². The number of hydrogen-bond acceptors (Lipinski definition) is 9. The van der Waals surface area contributed by atoms with Gasteiger partial charge in [-0.05, 0) is 70.9 Å². The Morgan fingerprint density at radius 3 is 2.86 bits per heavy atom. The predicted molar refractivity (Wildman–Crippen MR) is 137 cm³/mol. The lowest BCUT2D eigenvalue weighted by molar-refractivity contribution is -0.126. The summed E-state index contributed by atoms with van der Waals surface area (Å²) < 4.78 is 11.8. The molecule has 36 heavy (non-hydrogen) atoms. The average Bonchev–Trinajstić information content (AvgIpc) is 3.28. The first-order chi connectivity index (χ1) is 17.5. The number of aliphatic hydroxyl groups excluding tert-OH is 1. The molecule has 1 amide bonds. The van der Waals surface area contributed by atoms with Gasteiger partial charge >= 0.3 is 0 Å². The molecule has 5 fully saturated rings. The van der Waals surface area contributed by atoms with Gasteiger partial charge in [0.05, 0.1) is 31.7 Å². The summed E-state index contributed by atoms with van der Waals surface area (Å²) in [6.07, 6.45) is 8.63. The molecule has 4 saturated heterocycles. The van der Waals surface area contributed by atoms with Gasteiger partial charge in [-0.1, -0.05) is 6.42 Å². The summed E-state index contributed by atoms with van der Waals surface area (Å²) in [7, 11) is 0. The Bertz CT molecular complexity index is 712. The maximum absolute atomic E-state index is 12.8. The van der Waals surface area contributed by atoms with E-state index in [2.05, 4.69) is 38.4 Å². The smallest absolute Gasteiger partial charge is 0.223 e. The van der Waals surface area contributed by atoms with E-state index in [0.29, 0.717) is 50.5 Å². The molecule has 6 N–H and O–H groups in total. The predicted octanol–water partition coefficient (Wildman–Crippen LogP) is -0.318. The van der Waals surface area contributed by atoms with Crippen LogP contribution >= 0.6 is 0 Å². The van der Waals surface area contributed by atoms with E-state index in [1.807, 2.05) is 0 Å². The van der Waals surface area contributed by atoms with Gasteiger partial charge in [-0.3, -0.25) is 20.7 Å². The van der Waals surface area contributed by atoms with Crippen molar-refractivity contribution in [3.63, 3.8) is 0 Å². The first kappa shape index (κ1) is 26.7. The molecule has 0 aromatic heterocycles. The van der Waals surface area contributed by atoms with Crippen molar-refractivity contribution in [1.29, 1.82) is 0 Å². The van der Waals surface area contributed by atoms with Gasteiger partial charge in [0.15, 0.2) is 0 Å². The van der Waals surface area contributed by atoms with E-state index in [0.717, 1.165) is 51.7 Å². The van der Waals surface area contributed by atoms with Crippen molar-refractivity contribution in [1.82, 2.24) is 31.5 Å². The molecule has 4 heterocycles. The van der Waals surface area contributed by atoms with Crippen LogP contribution < -0.4 is 26.6 Å². The van der Waals surface area contributed by atoms with Gasteiger partial charge in [0.1, 0.15) is 6.23 Å². The third-order valence-corrected chi connectivity index (χ3v) is 9.04. The van der Waals surface area contributed by atoms with Crippen molar-refractivity contribution >= 4 is 5.91 Å². The zero-order chi connectivity index (χ0) is 24.9. The summed E-state index contributed by atoms with van der Waals surface area (Å²) in [4.78, 5) is 15.1. The summed E-state index contributed by atoms with van der Waals surface area (Å²) in [6, 6.07) is 1.42. The Balaban J connectivity index is 0.968. The summed E-state index contributed by atoms with van der Waals surface area (Å²) in [5, 5.41) is 27.8. The molecule has 10 heteroatoms. The van der Waals surface area contributed by atoms with E-state index in [1.54, 1.807) is 0 Å². The first-order valence-electron chi connectivity index (χ1n) is 14.4. The molecule has 8 atom stereocenters. The highest BCUT2D eigenvalue weighted by molar-refractivity contribution is 5.78. The van der Waals surface area contributed by atoms with Crippen molar-refractivity contribution in [3.8, 4) is 0 Å². The molecule has 10 nitrogen and oxygen atoms in total. The number of rotatable bonds is 10. The second-order valence-corrected chi connectivity index (χ2v) is 11.7. The van der Waals surface area contributed by atoms with Crippen molar-refractivity contribution in [2.45, 2.75) is 101 Å². The molecule has 5 rings (SSSR count). The molecule has 1 aliphatic carbocycles. The number of ether oxygens (including phenoxy) is 2. The summed E-state index contributed by atoms with van der Waals surface area (Å²) in [5.74, 6) is 0.693. The lowest BCUT2D eigenvalue weighted by Gasteiger charge is -2.44. The molecule has 1 saturated carbocycles. The number of aliphatic hydroxyl groups is 1. The van der Waals surface area contributed by atoms with Crippen LogP contribution in [0, 0.1) is 11.8 Å². The summed E-state index contributed by atoms with van der Waals surface area (Å²) in [5.41, 5.74) is 0. The largest absolute Gasteiger partial charge is 0.390 e. The topological polar surface area (TPSA) is 119 Å². The zero-order valence-electron chi connectivity index (χ0n) is 21.9. The van der Waals surface area contributed by atoms with Crippen LogP contribution in [0.3, 0.4) is 0 Å². The first-order valence-corrected chi connectivity index (χ1v) is 14.4. The number of carbonyl (C=O) groups excluding carboxylic acids is 1. The van der Waals surface area contributed by atoms with Crippen molar-refractivity contribution in [2.24, 2.45) is 11.8 Å². The van der Waals surface area contributed by atoms with E-state index in [-0.39, 0.29) is 30.3 Å². The van der Waals surface area contributed by atoms with Crippen molar-refractivity contribution in [3.05, 3.63) is 0 Å². The van der Waals surface area contributed by atoms with E-state index < -0.39 is 6.10 Å². The van der Waals surface area contributed by atoms with Crippen LogP contribution in [0.25, 0.3) is 0 Å². The highest BCUT2D eigenvalue weighted by Crippen LogP contribution is 2.28. The van der Waals surface area contributed by atoms with Crippen LogP contribution in [0.1, 0.15) is 58.3 Å². The SMILES string of the molecule is CC1NCOC1COC1CCC2CN(C[C@@H](O)CNC(=O)C3CCNC(NC4CCC4)C3)CCC2N1. The minimum atomic E-state index is -0.536. The number of fused-ring (bicyclic) bond motifs is 1. The summed E-state index contributed by atoms with van der Waals surface area (Å²) in [6.45, 7) is 7.14. The van der Waals surface area contributed by atoms with E-state index >= 15 is 0 Å². The molecule has 4 aliphatic heterocycles. The Labute approximate surface area is 216 Å². The molecule has 0 aromatic rings. The molecule has 0 radical (unpaired) electrons. The number of hydrogen-bond donors (Lipinski definition) is 6. The maximum atomic E-state index is 12.8. The number of amides is 1. The summed E-state index contributed by atoms with van der Waals surface area (Å²) >= 11 is 0. The van der Waals surface area contributed by atoms with Gasteiger partial charge in [0.25, 0.3) is 0 Å². The van der Waals surface area contributed by atoms with Gasteiger partial charge in [-0.25, -0.2) is 0 Å². The molecule has 206 valence electrons.